The summed E-state index contributed by atoms with van der Waals surface area (Å²) in [7, 11) is 0. The van der Waals surface area contributed by atoms with Gasteiger partial charge in [0.1, 0.15) is 0 Å². The van der Waals surface area contributed by atoms with Crippen molar-refractivity contribution in [3.63, 3.8) is 0 Å². The molecule has 0 aliphatic heterocycles. The van der Waals surface area contributed by atoms with E-state index in [4.69, 9.17) is 14.2 Å². The van der Waals surface area contributed by atoms with Crippen LogP contribution in [-0.2, 0) is 14.2 Å². The van der Waals surface area contributed by atoms with Crippen LogP contribution in [0.4, 0.5) is 0 Å². The Hall–Kier alpha value is -0.120. The van der Waals surface area contributed by atoms with Gasteiger partial charge in [-0.25, -0.2) is 0 Å². The van der Waals surface area contributed by atoms with Gasteiger partial charge in [-0.1, -0.05) is 66.2 Å². The molecule has 0 saturated heterocycles. The van der Waals surface area contributed by atoms with Crippen LogP contribution >= 0.6 is 0 Å². The first-order chi connectivity index (χ1) is 10.7. The maximum atomic E-state index is 5.98. The fourth-order valence-electron chi connectivity index (χ4n) is 2.41. The molecule has 134 valence electrons. The molecule has 0 rings (SSSR count). The molecule has 0 aliphatic carbocycles. The molecule has 3 nitrogen and oxygen atoms in total. The number of hydrogen-bond donors (Lipinski definition) is 0. The number of rotatable bonds is 17. The standard InChI is InChI=1S/C19H40O3/c1-5-9-10-11-12-13-14-15-19(20-16-6-2,21-17-7-3)22-18-8-4/h5-18H2,1-4H3. The van der Waals surface area contributed by atoms with Crippen LogP contribution in [0.15, 0.2) is 0 Å². The molecule has 0 aliphatic rings. The molecule has 0 aromatic rings. The van der Waals surface area contributed by atoms with Gasteiger partial charge in [0, 0.05) is 6.42 Å². The third-order valence-electron chi connectivity index (χ3n) is 3.66. The normalized spacial score (nSPS) is 12.0. The van der Waals surface area contributed by atoms with Crippen LogP contribution < -0.4 is 0 Å². The summed E-state index contributed by atoms with van der Waals surface area (Å²) in [6, 6.07) is 0. The summed E-state index contributed by atoms with van der Waals surface area (Å²) in [5.41, 5.74) is 0. The van der Waals surface area contributed by atoms with Crippen molar-refractivity contribution >= 4 is 0 Å². The molecule has 0 atom stereocenters. The fraction of sp³-hybridized carbons (Fsp3) is 1.00. The molecular weight excluding hydrogens is 276 g/mol. The van der Waals surface area contributed by atoms with E-state index in [2.05, 4.69) is 27.7 Å². The topological polar surface area (TPSA) is 27.7 Å². The van der Waals surface area contributed by atoms with Gasteiger partial charge in [0.25, 0.3) is 5.97 Å². The van der Waals surface area contributed by atoms with Crippen molar-refractivity contribution in [1.29, 1.82) is 0 Å². The molecule has 0 aromatic heterocycles. The van der Waals surface area contributed by atoms with Crippen molar-refractivity contribution in [2.24, 2.45) is 0 Å². The molecule has 0 radical (unpaired) electrons. The quantitative estimate of drug-likeness (QED) is 0.241. The van der Waals surface area contributed by atoms with Crippen molar-refractivity contribution in [2.75, 3.05) is 19.8 Å². The molecule has 0 amide bonds. The van der Waals surface area contributed by atoms with E-state index in [1.165, 1.54) is 38.5 Å². The molecule has 0 fully saturated rings. The maximum absolute atomic E-state index is 5.98. The van der Waals surface area contributed by atoms with E-state index in [-0.39, 0.29) is 0 Å². The summed E-state index contributed by atoms with van der Waals surface area (Å²) in [6.45, 7) is 10.7. The molecule has 0 spiro atoms. The third-order valence-corrected chi connectivity index (χ3v) is 3.66. The zero-order valence-corrected chi connectivity index (χ0v) is 15.6. The van der Waals surface area contributed by atoms with Gasteiger partial charge in [-0.2, -0.15) is 0 Å². The summed E-state index contributed by atoms with van der Waals surface area (Å²) in [5.74, 6) is -0.800. The third kappa shape index (κ3) is 11.4. The summed E-state index contributed by atoms with van der Waals surface area (Å²) >= 11 is 0. The van der Waals surface area contributed by atoms with Crippen LogP contribution in [0, 0.1) is 0 Å². The predicted octanol–water partition coefficient (Wildman–Crippen LogP) is 6.06. The monoisotopic (exact) mass is 316 g/mol. The molecule has 0 aromatic carbocycles. The first-order valence-corrected chi connectivity index (χ1v) is 9.66. The summed E-state index contributed by atoms with van der Waals surface area (Å²) in [5, 5.41) is 0. The van der Waals surface area contributed by atoms with Gasteiger partial charge in [0.15, 0.2) is 0 Å². The van der Waals surface area contributed by atoms with E-state index in [0.29, 0.717) is 19.8 Å². The van der Waals surface area contributed by atoms with E-state index >= 15 is 0 Å². The van der Waals surface area contributed by atoms with E-state index < -0.39 is 5.97 Å². The van der Waals surface area contributed by atoms with Crippen LogP contribution in [0.5, 0.6) is 0 Å². The number of unbranched alkanes of at least 4 members (excludes halogenated alkanes) is 6. The highest BCUT2D eigenvalue weighted by molar-refractivity contribution is 4.60. The van der Waals surface area contributed by atoms with Gasteiger partial charge in [-0.05, 0) is 25.7 Å². The molecule has 0 N–H and O–H groups in total. The fourth-order valence-corrected chi connectivity index (χ4v) is 2.41. The van der Waals surface area contributed by atoms with E-state index in [0.717, 1.165) is 32.1 Å². The second kappa shape index (κ2) is 15.8. The highest BCUT2D eigenvalue weighted by Gasteiger charge is 2.32. The first-order valence-electron chi connectivity index (χ1n) is 9.66. The maximum Gasteiger partial charge on any atom is 0.282 e. The Morgan fingerprint density at radius 1 is 0.500 bits per heavy atom. The van der Waals surface area contributed by atoms with Crippen molar-refractivity contribution < 1.29 is 14.2 Å². The van der Waals surface area contributed by atoms with Crippen LogP contribution in [0.2, 0.25) is 0 Å². The molecule has 0 heterocycles. The van der Waals surface area contributed by atoms with Crippen molar-refractivity contribution in [3.8, 4) is 0 Å². The molecule has 3 heteroatoms. The van der Waals surface area contributed by atoms with Gasteiger partial charge in [-0.15, -0.1) is 0 Å². The zero-order chi connectivity index (χ0) is 16.5. The summed E-state index contributed by atoms with van der Waals surface area (Å²) < 4.78 is 18.0. The summed E-state index contributed by atoms with van der Waals surface area (Å²) in [6.07, 6.45) is 12.9. The Bertz CT molecular complexity index is 197. The largest absolute Gasteiger partial charge is 0.327 e. The Balaban J connectivity index is 4.21. The van der Waals surface area contributed by atoms with Crippen LogP contribution in [0.25, 0.3) is 0 Å². The smallest absolute Gasteiger partial charge is 0.282 e. The Labute approximate surface area is 139 Å². The highest BCUT2D eigenvalue weighted by Crippen LogP contribution is 2.25. The van der Waals surface area contributed by atoms with Crippen molar-refractivity contribution in [2.45, 2.75) is 104 Å². The first kappa shape index (κ1) is 21.9. The van der Waals surface area contributed by atoms with E-state index in [1.54, 1.807) is 0 Å². The average molecular weight is 317 g/mol. The van der Waals surface area contributed by atoms with Crippen LogP contribution in [0.1, 0.15) is 98.3 Å². The number of ether oxygens (including phenoxy) is 3. The Morgan fingerprint density at radius 2 is 0.909 bits per heavy atom. The van der Waals surface area contributed by atoms with E-state index in [9.17, 15) is 0 Å². The van der Waals surface area contributed by atoms with Crippen LogP contribution in [-0.4, -0.2) is 25.8 Å². The van der Waals surface area contributed by atoms with Crippen molar-refractivity contribution in [3.05, 3.63) is 0 Å². The molecule has 0 saturated carbocycles. The average Bonchev–Trinajstić information content (AvgIpc) is 2.55. The Kier molecular flexibility index (Phi) is 15.7. The minimum atomic E-state index is -0.800. The van der Waals surface area contributed by atoms with Crippen LogP contribution in [0.3, 0.4) is 0 Å². The lowest BCUT2D eigenvalue weighted by Gasteiger charge is -2.33. The zero-order valence-electron chi connectivity index (χ0n) is 15.6. The molecule has 0 bridgehead atoms. The second-order valence-electron chi connectivity index (χ2n) is 6.10. The van der Waals surface area contributed by atoms with Gasteiger partial charge in [-0.3, -0.25) is 0 Å². The minimum absolute atomic E-state index is 0.698. The molecule has 22 heavy (non-hydrogen) atoms. The minimum Gasteiger partial charge on any atom is -0.327 e. The van der Waals surface area contributed by atoms with Gasteiger partial charge in [0.2, 0.25) is 0 Å². The van der Waals surface area contributed by atoms with Gasteiger partial charge in [0.05, 0.1) is 19.8 Å². The lowest BCUT2D eigenvalue weighted by molar-refractivity contribution is -0.383. The predicted molar refractivity (Wildman–Crippen MR) is 94.1 cm³/mol. The van der Waals surface area contributed by atoms with E-state index in [1.807, 2.05) is 0 Å². The number of hydrogen-bond acceptors (Lipinski definition) is 3. The van der Waals surface area contributed by atoms with Crippen molar-refractivity contribution in [1.82, 2.24) is 0 Å². The Morgan fingerprint density at radius 3 is 1.32 bits per heavy atom. The molecular formula is C19H40O3. The second-order valence-corrected chi connectivity index (χ2v) is 6.10. The van der Waals surface area contributed by atoms with Gasteiger partial charge >= 0.3 is 0 Å². The molecule has 0 unspecified atom stereocenters. The van der Waals surface area contributed by atoms with Gasteiger partial charge < -0.3 is 14.2 Å². The summed E-state index contributed by atoms with van der Waals surface area (Å²) in [4.78, 5) is 0. The lowest BCUT2D eigenvalue weighted by atomic mass is 10.1. The highest BCUT2D eigenvalue weighted by atomic mass is 16.9. The lowest BCUT2D eigenvalue weighted by Crippen LogP contribution is -2.40. The SMILES string of the molecule is CCCCCCCCCC(OCCC)(OCCC)OCCC.